The van der Waals surface area contributed by atoms with E-state index in [0.717, 1.165) is 30.3 Å². The first-order valence-electron chi connectivity index (χ1n) is 7.40. The van der Waals surface area contributed by atoms with Crippen LogP contribution in [0.4, 0.5) is 0 Å². The van der Waals surface area contributed by atoms with E-state index >= 15 is 0 Å². The van der Waals surface area contributed by atoms with Crippen LogP contribution in [0.25, 0.3) is 0 Å². The monoisotopic (exact) mass is 225 g/mol. The summed E-state index contributed by atoms with van der Waals surface area (Å²) >= 11 is 0. The molecule has 0 amide bonds. The summed E-state index contributed by atoms with van der Waals surface area (Å²) in [7, 11) is 0. The Labute approximate surface area is 102 Å². The number of nitrogens with one attached hydrogen (secondary N) is 1. The molecule has 4 unspecified atom stereocenters. The van der Waals surface area contributed by atoms with E-state index in [2.05, 4.69) is 33.0 Å². The molecule has 0 aromatic rings. The molecule has 4 atom stereocenters. The molecule has 1 rings (SSSR count). The summed E-state index contributed by atoms with van der Waals surface area (Å²) in [5, 5.41) is 3.70. The molecule has 1 aliphatic carbocycles. The molecule has 0 saturated heterocycles. The predicted molar refractivity (Wildman–Crippen MR) is 72.7 cm³/mol. The summed E-state index contributed by atoms with van der Waals surface area (Å²) in [6, 6.07) is 0.806. The van der Waals surface area contributed by atoms with Crippen LogP contribution < -0.4 is 5.32 Å². The fraction of sp³-hybridized carbons (Fsp3) is 1.00. The maximum Gasteiger partial charge on any atom is 0.00955 e. The van der Waals surface area contributed by atoms with E-state index in [1.165, 1.54) is 38.5 Å². The van der Waals surface area contributed by atoms with Crippen LogP contribution in [0.5, 0.6) is 0 Å². The summed E-state index contributed by atoms with van der Waals surface area (Å²) in [4.78, 5) is 0. The van der Waals surface area contributed by atoms with Crippen molar-refractivity contribution in [1.82, 2.24) is 5.32 Å². The molecule has 1 saturated carbocycles. The number of hydrogen-bond acceptors (Lipinski definition) is 1. The Morgan fingerprint density at radius 1 is 1.25 bits per heavy atom. The SMILES string of the molecule is CCCC(C)CC1CC(C)CCC1NCC. The van der Waals surface area contributed by atoms with E-state index in [1.54, 1.807) is 0 Å². The minimum Gasteiger partial charge on any atom is -0.314 e. The van der Waals surface area contributed by atoms with E-state index in [4.69, 9.17) is 0 Å². The molecule has 96 valence electrons. The molecule has 16 heavy (non-hydrogen) atoms. The van der Waals surface area contributed by atoms with E-state index < -0.39 is 0 Å². The number of rotatable bonds is 6. The normalized spacial score (nSPS) is 32.6. The molecule has 0 radical (unpaired) electrons. The molecule has 0 heterocycles. The van der Waals surface area contributed by atoms with Gasteiger partial charge in [-0.05, 0) is 50.0 Å². The highest BCUT2D eigenvalue weighted by Gasteiger charge is 2.28. The summed E-state index contributed by atoms with van der Waals surface area (Å²) < 4.78 is 0. The van der Waals surface area contributed by atoms with Crippen molar-refractivity contribution in [3.8, 4) is 0 Å². The van der Waals surface area contributed by atoms with Gasteiger partial charge in [0.05, 0.1) is 0 Å². The van der Waals surface area contributed by atoms with E-state index in [9.17, 15) is 0 Å². The Morgan fingerprint density at radius 2 is 2.00 bits per heavy atom. The van der Waals surface area contributed by atoms with Gasteiger partial charge in [-0.1, -0.05) is 40.5 Å². The Balaban J connectivity index is 2.43. The summed E-state index contributed by atoms with van der Waals surface area (Å²) in [5.41, 5.74) is 0. The van der Waals surface area contributed by atoms with Crippen molar-refractivity contribution in [1.29, 1.82) is 0 Å². The van der Waals surface area contributed by atoms with E-state index in [-0.39, 0.29) is 0 Å². The van der Waals surface area contributed by atoms with Gasteiger partial charge in [0.1, 0.15) is 0 Å². The maximum atomic E-state index is 3.70. The maximum absolute atomic E-state index is 3.70. The molecular weight excluding hydrogens is 194 g/mol. The van der Waals surface area contributed by atoms with Crippen LogP contribution in [0, 0.1) is 17.8 Å². The third-order valence-corrected chi connectivity index (χ3v) is 4.20. The molecule has 0 bridgehead atoms. The van der Waals surface area contributed by atoms with Crippen molar-refractivity contribution in [2.24, 2.45) is 17.8 Å². The fourth-order valence-electron chi connectivity index (χ4n) is 3.42. The van der Waals surface area contributed by atoms with Gasteiger partial charge in [0.15, 0.2) is 0 Å². The zero-order valence-electron chi connectivity index (χ0n) is 11.8. The second-order valence-electron chi connectivity index (χ2n) is 5.97. The lowest BCUT2D eigenvalue weighted by Gasteiger charge is -2.37. The molecule has 0 spiro atoms. The molecule has 1 aliphatic rings. The van der Waals surface area contributed by atoms with E-state index in [1.807, 2.05) is 0 Å². The predicted octanol–water partition coefficient (Wildman–Crippen LogP) is 4.23. The second kappa shape index (κ2) is 7.32. The largest absolute Gasteiger partial charge is 0.314 e. The van der Waals surface area contributed by atoms with Crippen LogP contribution in [0.15, 0.2) is 0 Å². The van der Waals surface area contributed by atoms with Crippen molar-refractivity contribution in [2.45, 2.75) is 72.3 Å². The quantitative estimate of drug-likeness (QED) is 0.713. The average molecular weight is 225 g/mol. The van der Waals surface area contributed by atoms with Crippen molar-refractivity contribution < 1.29 is 0 Å². The molecule has 0 aliphatic heterocycles. The topological polar surface area (TPSA) is 12.0 Å². The van der Waals surface area contributed by atoms with Crippen LogP contribution in [-0.2, 0) is 0 Å². The van der Waals surface area contributed by atoms with Crippen LogP contribution in [0.1, 0.15) is 66.2 Å². The summed E-state index contributed by atoms with van der Waals surface area (Å²) in [5.74, 6) is 2.81. The zero-order valence-corrected chi connectivity index (χ0v) is 11.8. The fourth-order valence-corrected chi connectivity index (χ4v) is 3.42. The first kappa shape index (κ1) is 14.0. The smallest absolute Gasteiger partial charge is 0.00955 e. The van der Waals surface area contributed by atoms with Gasteiger partial charge in [0.2, 0.25) is 0 Å². The molecule has 0 aromatic carbocycles. The van der Waals surface area contributed by atoms with Crippen molar-refractivity contribution in [2.75, 3.05) is 6.54 Å². The Morgan fingerprint density at radius 3 is 2.62 bits per heavy atom. The lowest BCUT2D eigenvalue weighted by atomic mass is 9.74. The average Bonchev–Trinajstić information content (AvgIpc) is 2.22. The highest BCUT2D eigenvalue weighted by Crippen LogP contribution is 2.34. The van der Waals surface area contributed by atoms with Crippen molar-refractivity contribution in [3.63, 3.8) is 0 Å². The van der Waals surface area contributed by atoms with Gasteiger partial charge in [0, 0.05) is 6.04 Å². The third kappa shape index (κ3) is 4.45. The van der Waals surface area contributed by atoms with Gasteiger partial charge in [0.25, 0.3) is 0 Å². The van der Waals surface area contributed by atoms with Gasteiger partial charge in [-0.3, -0.25) is 0 Å². The molecule has 0 aromatic heterocycles. The molecule has 1 nitrogen and oxygen atoms in total. The molecule has 1 fully saturated rings. The highest BCUT2D eigenvalue weighted by atomic mass is 14.9. The van der Waals surface area contributed by atoms with Crippen molar-refractivity contribution >= 4 is 0 Å². The van der Waals surface area contributed by atoms with E-state index in [0.29, 0.717) is 0 Å². The number of hydrogen-bond donors (Lipinski definition) is 1. The van der Waals surface area contributed by atoms with Crippen LogP contribution >= 0.6 is 0 Å². The first-order valence-corrected chi connectivity index (χ1v) is 7.40. The third-order valence-electron chi connectivity index (χ3n) is 4.20. The lowest BCUT2D eigenvalue weighted by Crippen LogP contribution is -2.40. The van der Waals surface area contributed by atoms with Gasteiger partial charge >= 0.3 is 0 Å². The Bertz CT molecular complexity index is 178. The van der Waals surface area contributed by atoms with Crippen LogP contribution in [-0.4, -0.2) is 12.6 Å². The van der Waals surface area contributed by atoms with Gasteiger partial charge in [-0.25, -0.2) is 0 Å². The summed E-state index contributed by atoms with van der Waals surface area (Å²) in [6.45, 7) is 10.6. The van der Waals surface area contributed by atoms with Gasteiger partial charge in [-0.15, -0.1) is 0 Å². The van der Waals surface area contributed by atoms with Crippen LogP contribution in [0.2, 0.25) is 0 Å². The Hall–Kier alpha value is -0.0400. The lowest BCUT2D eigenvalue weighted by molar-refractivity contribution is 0.183. The first-order chi connectivity index (χ1) is 7.67. The van der Waals surface area contributed by atoms with Gasteiger partial charge in [-0.2, -0.15) is 0 Å². The Kier molecular flexibility index (Phi) is 6.41. The standard InChI is InChI=1S/C15H31N/c1-5-7-12(3)10-14-11-13(4)8-9-15(14)16-6-2/h12-16H,5-11H2,1-4H3. The van der Waals surface area contributed by atoms with Gasteiger partial charge < -0.3 is 5.32 Å². The highest BCUT2D eigenvalue weighted by molar-refractivity contribution is 4.84. The molecular formula is C15H31N. The van der Waals surface area contributed by atoms with Crippen molar-refractivity contribution in [3.05, 3.63) is 0 Å². The minimum absolute atomic E-state index is 0.806. The second-order valence-corrected chi connectivity index (χ2v) is 5.97. The minimum atomic E-state index is 0.806. The molecule has 1 heteroatoms. The molecule has 1 N–H and O–H groups in total. The zero-order chi connectivity index (χ0) is 12.0. The van der Waals surface area contributed by atoms with Crippen LogP contribution in [0.3, 0.4) is 0 Å². The summed E-state index contributed by atoms with van der Waals surface area (Å²) in [6.07, 6.45) is 8.47.